The zero-order chi connectivity index (χ0) is 11.6. The van der Waals surface area contributed by atoms with Crippen LogP contribution in [0.4, 0.5) is 0 Å². The molecule has 3 heteroatoms. The highest BCUT2D eigenvalue weighted by Gasteiger charge is 2.44. The van der Waals surface area contributed by atoms with Crippen molar-refractivity contribution in [1.82, 2.24) is 4.98 Å². The average molecular weight is 216 g/mol. The Bertz CT molecular complexity index is 398. The third kappa shape index (κ3) is 1.81. The van der Waals surface area contributed by atoms with Crippen LogP contribution in [0.2, 0.25) is 0 Å². The molecular weight excluding hydrogens is 200 g/mol. The molecule has 1 fully saturated rings. The van der Waals surface area contributed by atoms with Gasteiger partial charge in [-0.3, -0.25) is 4.98 Å². The average Bonchev–Trinajstić information content (AvgIpc) is 2.72. The fourth-order valence-corrected chi connectivity index (χ4v) is 2.60. The second kappa shape index (κ2) is 4.23. The van der Waals surface area contributed by atoms with Crippen LogP contribution >= 0.6 is 0 Å². The van der Waals surface area contributed by atoms with Gasteiger partial charge in [-0.05, 0) is 31.2 Å². The number of aliphatic hydroxyl groups excluding tert-OH is 1. The van der Waals surface area contributed by atoms with E-state index in [1.165, 1.54) is 0 Å². The van der Waals surface area contributed by atoms with Crippen LogP contribution in [-0.4, -0.2) is 10.1 Å². The van der Waals surface area contributed by atoms with Gasteiger partial charge < -0.3 is 5.11 Å². The van der Waals surface area contributed by atoms with Crippen molar-refractivity contribution < 1.29 is 5.11 Å². The Morgan fingerprint density at radius 1 is 1.69 bits per heavy atom. The molecule has 0 aliphatic heterocycles. The van der Waals surface area contributed by atoms with Crippen LogP contribution in [0.1, 0.15) is 37.9 Å². The van der Waals surface area contributed by atoms with E-state index in [1.54, 1.807) is 18.5 Å². The van der Waals surface area contributed by atoms with Crippen molar-refractivity contribution in [3.05, 3.63) is 30.1 Å². The Hall–Kier alpha value is -1.40. The summed E-state index contributed by atoms with van der Waals surface area (Å²) in [5.74, 6) is 0.519. The van der Waals surface area contributed by atoms with Crippen molar-refractivity contribution in [1.29, 1.82) is 5.26 Å². The van der Waals surface area contributed by atoms with E-state index < -0.39 is 11.5 Å². The molecule has 3 nitrogen and oxygen atoms in total. The monoisotopic (exact) mass is 216 g/mol. The summed E-state index contributed by atoms with van der Waals surface area (Å²) in [5, 5.41) is 19.7. The molecule has 1 N–H and O–H groups in total. The van der Waals surface area contributed by atoms with Crippen molar-refractivity contribution >= 4 is 0 Å². The number of nitriles is 1. The highest BCUT2D eigenvalue weighted by molar-refractivity contribution is 5.21. The Labute approximate surface area is 95.8 Å². The Morgan fingerprint density at radius 2 is 2.50 bits per heavy atom. The van der Waals surface area contributed by atoms with Gasteiger partial charge >= 0.3 is 0 Å². The molecule has 1 heterocycles. The van der Waals surface area contributed by atoms with E-state index in [4.69, 9.17) is 0 Å². The SMILES string of the molecule is CC1CCC(C#N)(C(O)c2cccnc2)C1. The lowest BCUT2D eigenvalue weighted by molar-refractivity contribution is 0.0644. The summed E-state index contributed by atoms with van der Waals surface area (Å²) in [6, 6.07) is 5.96. The van der Waals surface area contributed by atoms with E-state index >= 15 is 0 Å². The van der Waals surface area contributed by atoms with Crippen LogP contribution in [0.3, 0.4) is 0 Å². The van der Waals surface area contributed by atoms with Gasteiger partial charge in [0.2, 0.25) is 0 Å². The highest BCUT2D eigenvalue weighted by Crippen LogP contribution is 2.49. The van der Waals surface area contributed by atoms with Gasteiger partial charge in [-0.1, -0.05) is 13.0 Å². The molecule has 0 amide bonds. The van der Waals surface area contributed by atoms with Crippen molar-refractivity contribution in [2.45, 2.75) is 32.3 Å². The van der Waals surface area contributed by atoms with Crippen LogP contribution in [0.5, 0.6) is 0 Å². The second-order valence-electron chi connectivity index (χ2n) is 4.80. The molecule has 1 aliphatic rings. The maximum absolute atomic E-state index is 10.3. The lowest BCUT2D eigenvalue weighted by atomic mass is 9.78. The number of nitrogens with zero attached hydrogens (tertiary/aromatic N) is 2. The molecule has 1 aromatic rings. The Balaban J connectivity index is 2.27. The van der Waals surface area contributed by atoms with E-state index in [1.807, 2.05) is 6.07 Å². The largest absolute Gasteiger partial charge is 0.387 e. The Kier molecular flexibility index (Phi) is 2.93. The third-order valence-corrected chi connectivity index (χ3v) is 3.54. The fourth-order valence-electron chi connectivity index (χ4n) is 2.60. The lowest BCUT2D eigenvalue weighted by Crippen LogP contribution is -2.24. The molecule has 84 valence electrons. The maximum atomic E-state index is 10.3. The summed E-state index contributed by atoms with van der Waals surface area (Å²) < 4.78 is 0. The number of aliphatic hydroxyl groups is 1. The van der Waals surface area contributed by atoms with Crippen molar-refractivity contribution in [3.63, 3.8) is 0 Å². The second-order valence-corrected chi connectivity index (χ2v) is 4.80. The molecular formula is C13H16N2O. The first-order valence-electron chi connectivity index (χ1n) is 5.67. The minimum absolute atomic E-state index is 0.519. The van der Waals surface area contributed by atoms with E-state index in [9.17, 15) is 10.4 Å². The van der Waals surface area contributed by atoms with E-state index in [-0.39, 0.29) is 0 Å². The predicted molar refractivity (Wildman–Crippen MR) is 60.3 cm³/mol. The summed E-state index contributed by atoms with van der Waals surface area (Å²) in [5.41, 5.74) is 0.140. The molecule has 0 radical (unpaired) electrons. The molecule has 0 aromatic carbocycles. The zero-order valence-electron chi connectivity index (χ0n) is 9.43. The summed E-state index contributed by atoms with van der Waals surface area (Å²) in [6.07, 6.45) is 5.18. The molecule has 0 spiro atoms. The van der Waals surface area contributed by atoms with Crippen LogP contribution in [0.25, 0.3) is 0 Å². The van der Waals surface area contributed by atoms with Gasteiger partial charge in [-0.25, -0.2) is 0 Å². The van der Waals surface area contributed by atoms with Crippen molar-refractivity contribution in [2.75, 3.05) is 0 Å². The molecule has 3 unspecified atom stereocenters. The summed E-state index contributed by atoms with van der Waals surface area (Å²) in [6.45, 7) is 2.13. The summed E-state index contributed by atoms with van der Waals surface area (Å²) in [7, 11) is 0. The van der Waals surface area contributed by atoms with E-state index in [2.05, 4.69) is 18.0 Å². The number of rotatable bonds is 2. The minimum Gasteiger partial charge on any atom is -0.387 e. The van der Waals surface area contributed by atoms with Gasteiger partial charge in [0.25, 0.3) is 0 Å². The number of aromatic nitrogens is 1. The standard InChI is InChI=1S/C13H16N2O/c1-10-4-5-13(7-10,9-14)12(16)11-3-2-6-15-8-11/h2-3,6,8,10,12,16H,4-5,7H2,1H3. The van der Waals surface area contributed by atoms with Crippen molar-refractivity contribution in [2.24, 2.45) is 11.3 Å². The Morgan fingerprint density at radius 3 is 3.00 bits per heavy atom. The quantitative estimate of drug-likeness (QED) is 0.826. The van der Waals surface area contributed by atoms with Gasteiger partial charge in [-0.2, -0.15) is 5.26 Å². The number of hydrogen-bond donors (Lipinski definition) is 1. The highest BCUT2D eigenvalue weighted by atomic mass is 16.3. The maximum Gasteiger partial charge on any atom is 0.0991 e. The molecule has 1 aromatic heterocycles. The van der Waals surface area contributed by atoms with Gasteiger partial charge in [0, 0.05) is 18.0 Å². The fraction of sp³-hybridized carbons (Fsp3) is 0.538. The zero-order valence-corrected chi connectivity index (χ0v) is 9.43. The van der Waals surface area contributed by atoms with Gasteiger partial charge in [0.05, 0.1) is 17.6 Å². The molecule has 1 aliphatic carbocycles. The number of hydrogen-bond acceptors (Lipinski definition) is 3. The third-order valence-electron chi connectivity index (χ3n) is 3.54. The predicted octanol–water partition coefficient (Wildman–Crippen LogP) is 2.44. The first kappa shape index (κ1) is 11.1. The van der Waals surface area contributed by atoms with E-state index in [0.29, 0.717) is 5.92 Å². The first-order chi connectivity index (χ1) is 7.68. The molecule has 0 saturated heterocycles. The lowest BCUT2D eigenvalue weighted by Gasteiger charge is -2.27. The number of pyridine rings is 1. The smallest absolute Gasteiger partial charge is 0.0991 e. The van der Waals surface area contributed by atoms with Crippen molar-refractivity contribution in [3.8, 4) is 6.07 Å². The summed E-state index contributed by atoms with van der Waals surface area (Å²) >= 11 is 0. The van der Waals surface area contributed by atoms with Gasteiger partial charge in [0.15, 0.2) is 0 Å². The summed E-state index contributed by atoms with van der Waals surface area (Å²) in [4.78, 5) is 3.99. The van der Waals surface area contributed by atoms with Crippen LogP contribution in [-0.2, 0) is 0 Å². The van der Waals surface area contributed by atoms with Crippen LogP contribution in [0.15, 0.2) is 24.5 Å². The molecule has 2 rings (SSSR count). The molecule has 3 atom stereocenters. The van der Waals surface area contributed by atoms with Crippen LogP contribution < -0.4 is 0 Å². The first-order valence-corrected chi connectivity index (χ1v) is 5.67. The normalized spacial score (nSPS) is 30.9. The molecule has 0 bridgehead atoms. The topological polar surface area (TPSA) is 56.9 Å². The van der Waals surface area contributed by atoms with Gasteiger partial charge in [0.1, 0.15) is 0 Å². The molecule has 16 heavy (non-hydrogen) atoms. The van der Waals surface area contributed by atoms with Crippen LogP contribution in [0, 0.1) is 22.7 Å². The minimum atomic E-state index is -0.712. The van der Waals surface area contributed by atoms with E-state index in [0.717, 1.165) is 24.8 Å². The van der Waals surface area contributed by atoms with Gasteiger partial charge in [-0.15, -0.1) is 0 Å². The molecule has 1 saturated carbocycles.